The number of anilines is 2. The van der Waals surface area contributed by atoms with E-state index in [1.54, 1.807) is 42.0 Å². The summed E-state index contributed by atoms with van der Waals surface area (Å²) in [6.45, 7) is 0. The highest BCUT2D eigenvalue weighted by Gasteiger charge is 2.12. The lowest BCUT2D eigenvalue weighted by Crippen LogP contribution is -2.17. The van der Waals surface area contributed by atoms with Crippen LogP contribution in [0.4, 0.5) is 11.6 Å². The third-order valence-electron chi connectivity index (χ3n) is 4.41. The molecule has 144 valence electrons. The molecule has 4 aromatic rings. The average Bonchev–Trinajstić information content (AvgIpc) is 3.16. The van der Waals surface area contributed by atoms with Gasteiger partial charge in [0.2, 0.25) is 5.95 Å². The molecule has 2 aromatic carbocycles. The average molecular weight is 387 g/mol. The Hall–Kier alpha value is -4.20. The zero-order valence-corrected chi connectivity index (χ0v) is 15.5. The van der Waals surface area contributed by atoms with E-state index in [0.29, 0.717) is 22.8 Å². The highest BCUT2D eigenvalue weighted by Crippen LogP contribution is 2.26. The molecule has 0 spiro atoms. The second-order valence-corrected chi connectivity index (χ2v) is 6.29. The predicted octanol–water partition coefficient (Wildman–Crippen LogP) is 3.20. The largest absolute Gasteiger partial charge is 0.478 e. The van der Waals surface area contributed by atoms with Crippen LogP contribution in [0.1, 0.15) is 20.7 Å². The summed E-state index contributed by atoms with van der Waals surface area (Å²) in [4.78, 5) is 27.5. The van der Waals surface area contributed by atoms with E-state index in [4.69, 9.17) is 5.11 Å². The van der Waals surface area contributed by atoms with Crippen molar-refractivity contribution >= 4 is 29.2 Å². The van der Waals surface area contributed by atoms with E-state index in [1.165, 1.54) is 12.1 Å². The number of nitrogens with zero attached hydrogens (tertiary/aromatic N) is 3. The molecular weight excluding hydrogens is 370 g/mol. The summed E-state index contributed by atoms with van der Waals surface area (Å²) >= 11 is 0. The Morgan fingerprint density at radius 3 is 2.52 bits per heavy atom. The Bertz CT molecular complexity index is 1210. The van der Waals surface area contributed by atoms with Gasteiger partial charge in [0, 0.05) is 30.1 Å². The molecule has 0 aliphatic rings. The molecule has 4 rings (SSSR count). The maximum absolute atomic E-state index is 11.9. The van der Waals surface area contributed by atoms with E-state index in [0.717, 1.165) is 11.1 Å². The van der Waals surface area contributed by atoms with Gasteiger partial charge in [-0.05, 0) is 54.1 Å². The Morgan fingerprint density at radius 1 is 1.00 bits per heavy atom. The van der Waals surface area contributed by atoms with Gasteiger partial charge in [0.15, 0.2) is 5.65 Å². The van der Waals surface area contributed by atoms with Gasteiger partial charge in [-0.25, -0.2) is 9.31 Å². The number of aromatic carboxylic acids is 1. The van der Waals surface area contributed by atoms with Crippen molar-refractivity contribution in [1.82, 2.24) is 19.9 Å². The summed E-state index contributed by atoms with van der Waals surface area (Å²) in [6.07, 6.45) is 1.78. The Morgan fingerprint density at radius 2 is 1.79 bits per heavy atom. The van der Waals surface area contributed by atoms with Gasteiger partial charge < -0.3 is 15.7 Å². The number of aromatic nitrogens is 3. The van der Waals surface area contributed by atoms with E-state index in [-0.39, 0.29) is 11.5 Å². The molecule has 0 aliphatic heterocycles. The number of carbonyl (C=O) groups is 2. The zero-order valence-electron chi connectivity index (χ0n) is 15.5. The first kappa shape index (κ1) is 18.2. The normalized spacial score (nSPS) is 10.7. The number of hydrogen-bond donors (Lipinski definition) is 3. The maximum atomic E-state index is 11.9. The maximum Gasteiger partial charge on any atom is 0.335 e. The van der Waals surface area contributed by atoms with Crippen molar-refractivity contribution in [3.63, 3.8) is 0 Å². The van der Waals surface area contributed by atoms with E-state index in [1.807, 2.05) is 24.3 Å². The lowest BCUT2D eigenvalue weighted by Gasteiger charge is -2.05. The molecule has 8 nitrogen and oxygen atoms in total. The molecule has 1 amide bonds. The summed E-state index contributed by atoms with van der Waals surface area (Å²) in [5.41, 5.74) is 3.75. The summed E-state index contributed by atoms with van der Waals surface area (Å²) in [7, 11) is 1.59. The highest BCUT2D eigenvalue weighted by atomic mass is 16.4. The smallest absolute Gasteiger partial charge is 0.335 e. The zero-order chi connectivity index (χ0) is 20.4. The number of amides is 1. The van der Waals surface area contributed by atoms with Crippen LogP contribution in [0, 0.1) is 0 Å². The fraction of sp³-hybridized carbons (Fsp3) is 0.0476. The first-order valence-corrected chi connectivity index (χ1v) is 8.83. The number of hydrogen-bond acceptors (Lipinski definition) is 5. The molecule has 0 atom stereocenters. The third-order valence-corrected chi connectivity index (χ3v) is 4.41. The van der Waals surface area contributed by atoms with Crippen LogP contribution < -0.4 is 10.6 Å². The minimum Gasteiger partial charge on any atom is -0.478 e. The van der Waals surface area contributed by atoms with Crippen molar-refractivity contribution in [3.05, 3.63) is 78.0 Å². The third kappa shape index (κ3) is 3.63. The van der Waals surface area contributed by atoms with Gasteiger partial charge in [-0.2, -0.15) is 4.98 Å². The van der Waals surface area contributed by atoms with E-state index < -0.39 is 5.97 Å². The van der Waals surface area contributed by atoms with Gasteiger partial charge in [0.1, 0.15) is 0 Å². The van der Waals surface area contributed by atoms with Crippen molar-refractivity contribution < 1.29 is 14.7 Å². The van der Waals surface area contributed by atoms with Gasteiger partial charge in [0.25, 0.3) is 5.91 Å². The van der Waals surface area contributed by atoms with Crippen molar-refractivity contribution in [3.8, 4) is 11.1 Å². The fourth-order valence-electron chi connectivity index (χ4n) is 2.98. The van der Waals surface area contributed by atoms with E-state index >= 15 is 0 Å². The summed E-state index contributed by atoms with van der Waals surface area (Å²) in [6, 6.07) is 17.4. The van der Waals surface area contributed by atoms with Crippen LogP contribution in [0.3, 0.4) is 0 Å². The monoisotopic (exact) mass is 387 g/mol. The molecule has 2 heterocycles. The number of benzene rings is 2. The number of carbonyl (C=O) groups excluding carboxylic acids is 1. The highest BCUT2D eigenvalue weighted by molar-refractivity contribution is 5.95. The Labute approximate surface area is 165 Å². The first-order chi connectivity index (χ1) is 14.0. The van der Waals surface area contributed by atoms with Crippen LogP contribution in [0.25, 0.3) is 16.8 Å². The van der Waals surface area contributed by atoms with Gasteiger partial charge >= 0.3 is 5.97 Å². The van der Waals surface area contributed by atoms with Crippen LogP contribution >= 0.6 is 0 Å². The van der Waals surface area contributed by atoms with Crippen LogP contribution in [0.2, 0.25) is 0 Å². The van der Waals surface area contributed by atoms with Crippen molar-refractivity contribution in [2.24, 2.45) is 0 Å². The molecule has 29 heavy (non-hydrogen) atoms. The number of nitrogens with one attached hydrogen (secondary N) is 2. The Kier molecular flexibility index (Phi) is 4.66. The molecular formula is C21H17N5O3. The molecule has 0 aliphatic carbocycles. The van der Waals surface area contributed by atoms with Crippen LogP contribution in [0.15, 0.2) is 66.9 Å². The van der Waals surface area contributed by atoms with E-state index in [2.05, 4.69) is 20.7 Å². The van der Waals surface area contributed by atoms with Gasteiger partial charge in [-0.1, -0.05) is 12.1 Å². The van der Waals surface area contributed by atoms with Crippen LogP contribution in [-0.4, -0.2) is 38.6 Å². The first-order valence-electron chi connectivity index (χ1n) is 8.83. The molecule has 2 aromatic heterocycles. The van der Waals surface area contributed by atoms with Crippen LogP contribution in [-0.2, 0) is 0 Å². The number of rotatable bonds is 5. The molecule has 0 saturated heterocycles. The number of carboxylic acids is 1. The molecule has 0 radical (unpaired) electrons. The molecule has 0 fully saturated rings. The Balaban J connectivity index is 1.69. The second kappa shape index (κ2) is 7.43. The topological polar surface area (TPSA) is 109 Å². The SMILES string of the molecule is CNC(=O)c1cccc(-c2cccn3nc(Nc4ccc(C(=O)O)cc4)nc23)c1. The summed E-state index contributed by atoms with van der Waals surface area (Å²) in [5.74, 6) is -0.763. The molecule has 0 unspecified atom stereocenters. The molecule has 0 saturated carbocycles. The molecule has 0 bridgehead atoms. The fourth-order valence-corrected chi connectivity index (χ4v) is 2.98. The van der Waals surface area contributed by atoms with Crippen molar-refractivity contribution in [2.75, 3.05) is 12.4 Å². The lowest BCUT2D eigenvalue weighted by atomic mass is 10.0. The van der Waals surface area contributed by atoms with Crippen molar-refractivity contribution in [1.29, 1.82) is 0 Å². The standard InChI is InChI=1S/C21H17N5O3/c1-22-19(27)15-5-2-4-14(12-15)17-6-3-11-26-18(17)24-21(25-26)23-16-9-7-13(8-10-16)20(28)29/h2-12H,1H3,(H,22,27)(H,23,25)(H,28,29). The molecule has 8 heteroatoms. The quantitative estimate of drug-likeness (QED) is 0.485. The van der Waals surface area contributed by atoms with Crippen molar-refractivity contribution in [2.45, 2.75) is 0 Å². The predicted molar refractivity (Wildman–Crippen MR) is 108 cm³/mol. The minimum atomic E-state index is -0.981. The summed E-state index contributed by atoms with van der Waals surface area (Å²) in [5, 5.41) is 19.1. The van der Waals surface area contributed by atoms with Gasteiger partial charge in [-0.3, -0.25) is 4.79 Å². The molecule has 3 N–H and O–H groups in total. The number of carboxylic acid groups (broad SMARTS) is 1. The number of pyridine rings is 1. The lowest BCUT2D eigenvalue weighted by molar-refractivity contribution is 0.0696. The van der Waals surface area contributed by atoms with Gasteiger partial charge in [-0.15, -0.1) is 5.10 Å². The second-order valence-electron chi connectivity index (χ2n) is 6.29. The summed E-state index contributed by atoms with van der Waals surface area (Å²) < 4.78 is 1.65. The minimum absolute atomic E-state index is 0.160. The van der Waals surface area contributed by atoms with Gasteiger partial charge in [0.05, 0.1) is 5.56 Å². The number of fused-ring (bicyclic) bond motifs is 1. The van der Waals surface area contributed by atoms with E-state index in [9.17, 15) is 9.59 Å². The van der Waals surface area contributed by atoms with Crippen LogP contribution in [0.5, 0.6) is 0 Å².